The molecule has 0 radical (unpaired) electrons. The maximum absolute atomic E-state index is 12.8. The van der Waals surface area contributed by atoms with Gasteiger partial charge in [-0.3, -0.25) is 10.1 Å². The number of phenols is 1. The summed E-state index contributed by atoms with van der Waals surface area (Å²) < 4.78 is 6.57. The van der Waals surface area contributed by atoms with Gasteiger partial charge in [0.05, 0.1) is 11.4 Å². The fourth-order valence-corrected chi connectivity index (χ4v) is 4.45. The monoisotopic (exact) mass is 583 g/mol. The number of para-hydroxylation sites is 2. The molecule has 5 N–H and O–H groups in total. The van der Waals surface area contributed by atoms with Crippen molar-refractivity contribution in [2.45, 2.75) is 30.8 Å². The number of nitrogen functional groups attached to an aromatic ring is 1. The molecule has 37 heavy (non-hydrogen) atoms. The van der Waals surface area contributed by atoms with Crippen molar-refractivity contribution in [2.24, 2.45) is 5.92 Å². The second kappa shape index (κ2) is 13.8. The van der Waals surface area contributed by atoms with E-state index in [0.717, 1.165) is 9.37 Å². The van der Waals surface area contributed by atoms with Crippen molar-refractivity contribution in [1.82, 2.24) is 0 Å². The Morgan fingerprint density at radius 2 is 1.84 bits per heavy atom. The van der Waals surface area contributed by atoms with E-state index >= 15 is 0 Å². The number of carbonyl (C=O) groups is 2. The van der Waals surface area contributed by atoms with E-state index in [1.54, 1.807) is 72.4 Å². The first kappa shape index (κ1) is 28.1. The van der Waals surface area contributed by atoms with E-state index < -0.39 is 12.2 Å². The number of rotatable bonds is 10. The molecule has 0 saturated heterocycles. The number of nitrogens with two attached hydrogens (primary N) is 1. The number of carbonyl (C=O) groups excluding carboxylic acids is 2. The Kier molecular flexibility index (Phi) is 10.5. The Labute approximate surface area is 229 Å². The first-order chi connectivity index (χ1) is 17.8. The molecule has 0 saturated carbocycles. The fraction of sp³-hybridized carbons (Fsp3) is 0.214. The van der Waals surface area contributed by atoms with E-state index in [0.29, 0.717) is 35.5 Å². The van der Waals surface area contributed by atoms with Crippen LogP contribution in [0.25, 0.3) is 0 Å². The van der Waals surface area contributed by atoms with Gasteiger partial charge in [-0.25, -0.2) is 4.79 Å². The lowest BCUT2D eigenvalue weighted by molar-refractivity contribution is -0.111. The lowest BCUT2D eigenvalue weighted by Crippen LogP contribution is -2.22. The van der Waals surface area contributed by atoms with Crippen LogP contribution in [0.2, 0.25) is 0 Å². The van der Waals surface area contributed by atoms with Gasteiger partial charge in [-0.15, -0.1) is 11.8 Å². The Morgan fingerprint density at radius 3 is 2.54 bits per heavy atom. The quantitative estimate of drug-likeness (QED) is 0.113. The van der Waals surface area contributed by atoms with Crippen LogP contribution in [0.5, 0.6) is 5.75 Å². The van der Waals surface area contributed by atoms with Crippen LogP contribution >= 0.6 is 27.7 Å². The summed E-state index contributed by atoms with van der Waals surface area (Å²) in [5, 5.41) is 16.0. The van der Waals surface area contributed by atoms with Crippen molar-refractivity contribution in [3.8, 4) is 5.75 Å². The molecule has 3 aromatic carbocycles. The van der Waals surface area contributed by atoms with Crippen LogP contribution in [0, 0.1) is 5.92 Å². The molecule has 0 aliphatic rings. The Balaban J connectivity index is 1.65. The largest absolute Gasteiger partial charge is 0.508 e. The molecule has 0 bridgehead atoms. The second-order valence-electron chi connectivity index (χ2n) is 8.42. The van der Waals surface area contributed by atoms with Crippen LogP contribution in [0.15, 0.2) is 88.3 Å². The van der Waals surface area contributed by atoms with Gasteiger partial charge in [-0.2, -0.15) is 0 Å². The van der Waals surface area contributed by atoms with Gasteiger partial charge < -0.3 is 20.9 Å². The van der Waals surface area contributed by atoms with Crippen molar-refractivity contribution in [3.05, 3.63) is 88.9 Å². The number of anilines is 3. The zero-order valence-corrected chi connectivity index (χ0v) is 23.0. The predicted octanol–water partition coefficient (Wildman–Crippen LogP) is 7.36. The molecule has 0 aromatic heterocycles. The summed E-state index contributed by atoms with van der Waals surface area (Å²) in [7, 11) is 0. The molecular formula is C28H30BrN3O4S. The standard InChI is InChI=1S/C28H30BrN3O4S/c1-18(7-3-6-10-26(34)32-24-9-5-4-8-23(24)30)27(22-17-19(29)11-16-25(22)33)36-28(35)31-20-12-14-21(37-2)15-13-20/h4-6,8-18,27,33H,3,7,30H2,1-2H3,(H,31,35)(H,32,34)/b10-6+/t18-,27-/m1/s1. The fourth-order valence-electron chi connectivity index (χ4n) is 3.66. The number of hydrogen-bond acceptors (Lipinski definition) is 6. The van der Waals surface area contributed by atoms with E-state index in [4.69, 9.17) is 10.5 Å². The maximum atomic E-state index is 12.8. The lowest BCUT2D eigenvalue weighted by Gasteiger charge is -2.25. The number of amides is 2. The molecule has 0 spiro atoms. The SMILES string of the molecule is CSc1ccc(NC(=O)O[C@@H](c2cc(Br)ccc2O)[C@H](C)CC/C=C/C(=O)Nc2ccccc2N)cc1. The summed E-state index contributed by atoms with van der Waals surface area (Å²) in [6.07, 6.45) is 5.02. The molecule has 7 nitrogen and oxygen atoms in total. The minimum absolute atomic E-state index is 0.0348. The highest BCUT2D eigenvalue weighted by molar-refractivity contribution is 9.10. The number of phenolic OH excluding ortho intramolecular Hbond substituents is 1. The van der Waals surface area contributed by atoms with Gasteiger partial charge in [0.25, 0.3) is 0 Å². The predicted molar refractivity (Wildman–Crippen MR) is 154 cm³/mol. The van der Waals surface area contributed by atoms with Crippen LogP contribution in [-0.2, 0) is 9.53 Å². The number of allylic oxidation sites excluding steroid dienone is 1. The topological polar surface area (TPSA) is 114 Å². The highest BCUT2D eigenvalue weighted by atomic mass is 79.9. The first-order valence-corrected chi connectivity index (χ1v) is 13.7. The number of nitrogens with one attached hydrogen (secondary N) is 2. The highest BCUT2D eigenvalue weighted by Gasteiger charge is 2.26. The third-order valence-corrected chi connectivity index (χ3v) is 6.90. The van der Waals surface area contributed by atoms with Gasteiger partial charge >= 0.3 is 6.09 Å². The van der Waals surface area contributed by atoms with Gasteiger partial charge in [0.15, 0.2) is 0 Å². The number of aromatic hydroxyl groups is 1. The third kappa shape index (κ3) is 8.58. The van der Waals surface area contributed by atoms with Crippen LogP contribution in [0.1, 0.15) is 31.4 Å². The summed E-state index contributed by atoms with van der Waals surface area (Å²) in [5.74, 6) is -0.412. The van der Waals surface area contributed by atoms with E-state index in [-0.39, 0.29) is 17.6 Å². The summed E-state index contributed by atoms with van der Waals surface area (Å²) in [6, 6.07) is 19.5. The molecule has 2 atom stereocenters. The average Bonchev–Trinajstić information content (AvgIpc) is 2.88. The number of ether oxygens (including phenoxy) is 1. The van der Waals surface area contributed by atoms with Crippen LogP contribution in [0.3, 0.4) is 0 Å². The van der Waals surface area contributed by atoms with E-state index in [9.17, 15) is 14.7 Å². The van der Waals surface area contributed by atoms with Gasteiger partial charge in [0, 0.05) is 20.6 Å². The van der Waals surface area contributed by atoms with E-state index in [1.807, 2.05) is 25.3 Å². The molecule has 2 amide bonds. The van der Waals surface area contributed by atoms with Gasteiger partial charge in [-0.1, -0.05) is 41.1 Å². The minimum atomic E-state index is -0.714. The Bertz CT molecular complexity index is 1250. The molecular weight excluding hydrogens is 554 g/mol. The molecule has 0 aliphatic carbocycles. The zero-order valence-electron chi connectivity index (χ0n) is 20.6. The van der Waals surface area contributed by atoms with Crippen molar-refractivity contribution in [2.75, 3.05) is 22.6 Å². The number of benzene rings is 3. The van der Waals surface area contributed by atoms with Gasteiger partial charge in [0.1, 0.15) is 11.9 Å². The summed E-state index contributed by atoms with van der Waals surface area (Å²) in [4.78, 5) is 26.1. The van der Waals surface area contributed by atoms with Crippen molar-refractivity contribution in [1.29, 1.82) is 0 Å². The second-order valence-corrected chi connectivity index (χ2v) is 10.2. The lowest BCUT2D eigenvalue weighted by atomic mass is 9.92. The summed E-state index contributed by atoms with van der Waals surface area (Å²) >= 11 is 5.04. The normalized spacial score (nSPS) is 12.6. The smallest absolute Gasteiger partial charge is 0.412 e. The molecule has 0 unspecified atom stereocenters. The summed E-state index contributed by atoms with van der Waals surface area (Å²) in [6.45, 7) is 1.93. The molecule has 3 aromatic rings. The van der Waals surface area contributed by atoms with Crippen molar-refractivity contribution in [3.63, 3.8) is 0 Å². The maximum Gasteiger partial charge on any atom is 0.412 e. The molecule has 3 rings (SSSR count). The van der Waals surface area contributed by atoms with Crippen molar-refractivity contribution < 1.29 is 19.4 Å². The Hall–Kier alpha value is -3.43. The Morgan fingerprint density at radius 1 is 1.11 bits per heavy atom. The molecule has 0 fully saturated rings. The molecule has 0 heterocycles. The van der Waals surface area contributed by atoms with Crippen LogP contribution in [0.4, 0.5) is 21.9 Å². The van der Waals surface area contributed by atoms with Crippen molar-refractivity contribution >= 4 is 56.8 Å². The van der Waals surface area contributed by atoms with Gasteiger partial charge in [0.2, 0.25) is 5.91 Å². The summed E-state index contributed by atoms with van der Waals surface area (Å²) in [5.41, 5.74) is 8.02. The molecule has 194 valence electrons. The zero-order chi connectivity index (χ0) is 26.8. The van der Waals surface area contributed by atoms with Gasteiger partial charge in [-0.05, 0) is 85.7 Å². The number of hydrogen-bond donors (Lipinski definition) is 4. The molecule has 0 aliphatic heterocycles. The van der Waals surface area contributed by atoms with E-state index in [1.165, 1.54) is 6.08 Å². The third-order valence-electron chi connectivity index (χ3n) is 5.66. The molecule has 9 heteroatoms. The number of thioether (sulfide) groups is 1. The van der Waals surface area contributed by atoms with E-state index in [2.05, 4.69) is 26.6 Å². The first-order valence-electron chi connectivity index (χ1n) is 11.7. The van der Waals surface area contributed by atoms with Crippen LogP contribution in [-0.4, -0.2) is 23.4 Å². The minimum Gasteiger partial charge on any atom is -0.508 e. The highest BCUT2D eigenvalue weighted by Crippen LogP contribution is 2.36. The van der Waals surface area contributed by atoms with Crippen LogP contribution < -0.4 is 16.4 Å². The average molecular weight is 585 g/mol. The number of halogens is 1.